The Morgan fingerprint density at radius 2 is 2.19 bits per heavy atom. The first-order valence-corrected chi connectivity index (χ1v) is 5.19. The molecule has 0 unspecified atom stereocenters. The Kier molecular flexibility index (Phi) is 4.79. The van der Waals surface area contributed by atoms with Crippen molar-refractivity contribution in [3.8, 4) is 0 Å². The first-order valence-electron chi connectivity index (χ1n) is 5.19. The number of ether oxygens (including phenoxy) is 1. The molecule has 4 nitrogen and oxygen atoms in total. The lowest BCUT2D eigenvalue weighted by molar-refractivity contribution is -0.117. The fourth-order valence-electron chi connectivity index (χ4n) is 1.28. The maximum absolute atomic E-state index is 11.4. The van der Waals surface area contributed by atoms with Gasteiger partial charge in [-0.15, -0.1) is 0 Å². The second-order valence-corrected chi connectivity index (χ2v) is 3.74. The predicted molar refractivity (Wildman–Crippen MR) is 65.9 cm³/mol. The molecule has 0 aliphatic rings. The van der Waals surface area contributed by atoms with Crippen molar-refractivity contribution in [3.63, 3.8) is 0 Å². The molecular formula is C12H18N2O2. The number of benzene rings is 1. The van der Waals surface area contributed by atoms with E-state index >= 15 is 0 Å². The lowest BCUT2D eigenvalue weighted by atomic mass is 10.2. The maximum atomic E-state index is 11.4. The summed E-state index contributed by atoms with van der Waals surface area (Å²) in [7, 11) is 5.51. The summed E-state index contributed by atoms with van der Waals surface area (Å²) in [5.74, 6) is -0.0299. The molecule has 1 N–H and O–H groups in total. The van der Waals surface area contributed by atoms with Gasteiger partial charge >= 0.3 is 0 Å². The van der Waals surface area contributed by atoms with Gasteiger partial charge in [0.25, 0.3) is 0 Å². The average molecular weight is 222 g/mol. The van der Waals surface area contributed by atoms with Gasteiger partial charge in [-0.3, -0.25) is 4.79 Å². The van der Waals surface area contributed by atoms with Gasteiger partial charge in [0.05, 0.1) is 13.0 Å². The Morgan fingerprint density at radius 3 is 2.81 bits per heavy atom. The molecule has 0 spiro atoms. The molecule has 0 aliphatic carbocycles. The standard InChI is InChI=1S/C12H18N2O2/c1-14(2)11-6-4-5-10(9-11)13-12(15)7-8-16-3/h4-6,9H,7-8H2,1-3H3,(H,13,15). The summed E-state index contributed by atoms with van der Waals surface area (Å²) < 4.78 is 4.84. The topological polar surface area (TPSA) is 41.6 Å². The average Bonchev–Trinajstić information content (AvgIpc) is 2.26. The van der Waals surface area contributed by atoms with Gasteiger partial charge in [-0.1, -0.05) is 6.07 Å². The first-order chi connectivity index (χ1) is 7.63. The highest BCUT2D eigenvalue weighted by Crippen LogP contribution is 2.17. The highest BCUT2D eigenvalue weighted by Gasteiger charge is 2.02. The van der Waals surface area contributed by atoms with Gasteiger partial charge < -0.3 is 15.0 Å². The van der Waals surface area contributed by atoms with E-state index in [0.717, 1.165) is 11.4 Å². The van der Waals surface area contributed by atoms with Crippen LogP contribution in [0.5, 0.6) is 0 Å². The number of nitrogens with one attached hydrogen (secondary N) is 1. The normalized spacial score (nSPS) is 9.94. The minimum absolute atomic E-state index is 0.0299. The van der Waals surface area contributed by atoms with E-state index in [-0.39, 0.29) is 5.91 Å². The zero-order valence-corrected chi connectivity index (χ0v) is 9.99. The molecule has 1 aromatic rings. The number of rotatable bonds is 5. The first kappa shape index (κ1) is 12.5. The van der Waals surface area contributed by atoms with E-state index < -0.39 is 0 Å². The second-order valence-electron chi connectivity index (χ2n) is 3.74. The van der Waals surface area contributed by atoms with Crippen LogP contribution in [0.2, 0.25) is 0 Å². The van der Waals surface area contributed by atoms with Gasteiger partial charge in [-0.25, -0.2) is 0 Å². The second kappa shape index (κ2) is 6.12. The molecule has 0 fully saturated rings. The van der Waals surface area contributed by atoms with Crippen LogP contribution in [-0.2, 0) is 9.53 Å². The summed E-state index contributed by atoms with van der Waals surface area (Å²) in [5, 5.41) is 2.83. The molecule has 0 aliphatic heterocycles. The molecule has 0 bridgehead atoms. The number of anilines is 2. The molecule has 16 heavy (non-hydrogen) atoms. The quantitative estimate of drug-likeness (QED) is 0.825. The van der Waals surface area contributed by atoms with Crippen LogP contribution in [0.25, 0.3) is 0 Å². The van der Waals surface area contributed by atoms with E-state index in [0.29, 0.717) is 13.0 Å². The van der Waals surface area contributed by atoms with Crippen molar-refractivity contribution in [1.29, 1.82) is 0 Å². The van der Waals surface area contributed by atoms with Crippen molar-refractivity contribution in [2.24, 2.45) is 0 Å². The number of methoxy groups -OCH3 is 1. The van der Waals surface area contributed by atoms with E-state index in [1.165, 1.54) is 0 Å². The molecule has 0 aromatic heterocycles. The van der Waals surface area contributed by atoms with Crippen LogP contribution in [0.4, 0.5) is 11.4 Å². The van der Waals surface area contributed by atoms with Gasteiger partial charge in [-0.2, -0.15) is 0 Å². The Morgan fingerprint density at radius 1 is 1.44 bits per heavy atom. The van der Waals surface area contributed by atoms with E-state index in [1.807, 2.05) is 43.3 Å². The van der Waals surface area contributed by atoms with Crippen molar-refractivity contribution in [3.05, 3.63) is 24.3 Å². The number of amides is 1. The zero-order valence-electron chi connectivity index (χ0n) is 9.99. The molecule has 1 aromatic carbocycles. The molecule has 1 rings (SSSR count). The van der Waals surface area contributed by atoms with Crippen LogP contribution in [0.1, 0.15) is 6.42 Å². The Labute approximate surface area is 96.2 Å². The van der Waals surface area contributed by atoms with Crippen molar-refractivity contribution in [2.45, 2.75) is 6.42 Å². The SMILES string of the molecule is COCCC(=O)Nc1cccc(N(C)C)c1. The maximum Gasteiger partial charge on any atom is 0.226 e. The van der Waals surface area contributed by atoms with Crippen LogP contribution in [0, 0.1) is 0 Å². The molecule has 0 saturated heterocycles. The fraction of sp³-hybridized carbons (Fsp3) is 0.417. The predicted octanol–water partition coefficient (Wildman–Crippen LogP) is 1.73. The van der Waals surface area contributed by atoms with Crippen LogP contribution >= 0.6 is 0 Å². The van der Waals surface area contributed by atoms with Crippen molar-refractivity contribution in [1.82, 2.24) is 0 Å². The van der Waals surface area contributed by atoms with E-state index in [1.54, 1.807) is 7.11 Å². The van der Waals surface area contributed by atoms with Gasteiger partial charge in [0.1, 0.15) is 0 Å². The van der Waals surface area contributed by atoms with Crippen LogP contribution in [0.3, 0.4) is 0 Å². The largest absolute Gasteiger partial charge is 0.384 e. The summed E-state index contributed by atoms with van der Waals surface area (Å²) in [4.78, 5) is 13.4. The Bertz CT molecular complexity index is 351. The molecule has 1 amide bonds. The molecule has 0 heterocycles. The summed E-state index contributed by atoms with van der Waals surface area (Å²) in [6.45, 7) is 0.444. The van der Waals surface area contributed by atoms with Crippen LogP contribution < -0.4 is 10.2 Å². The number of hydrogen-bond acceptors (Lipinski definition) is 3. The summed E-state index contributed by atoms with van der Waals surface area (Å²) in [6.07, 6.45) is 0.378. The van der Waals surface area contributed by atoms with Gasteiger partial charge in [-0.05, 0) is 18.2 Å². The third kappa shape index (κ3) is 3.90. The number of hydrogen-bond donors (Lipinski definition) is 1. The third-order valence-corrected chi connectivity index (χ3v) is 2.18. The van der Waals surface area contributed by atoms with Crippen molar-refractivity contribution in [2.75, 3.05) is 38.0 Å². The number of nitrogens with zero attached hydrogens (tertiary/aromatic N) is 1. The van der Waals surface area contributed by atoms with Crippen LogP contribution in [-0.4, -0.2) is 33.7 Å². The van der Waals surface area contributed by atoms with E-state index in [2.05, 4.69) is 5.32 Å². The molecule has 88 valence electrons. The highest BCUT2D eigenvalue weighted by molar-refractivity contribution is 5.91. The Hall–Kier alpha value is -1.55. The third-order valence-electron chi connectivity index (χ3n) is 2.18. The fourth-order valence-corrected chi connectivity index (χ4v) is 1.28. The van der Waals surface area contributed by atoms with Crippen LogP contribution in [0.15, 0.2) is 24.3 Å². The summed E-state index contributed by atoms with van der Waals surface area (Å²) in [6, 6.07) is 7.72. The van der Waals surface area contributed by atoms with Gasteiger partial charge in [0, 0.05) is 32.6 Å². The van der Waals surface area contributed by atoms with E-state index in [4.69, 9.17) is 4.74 Å². The zero-order chi connectivity index (χ0) is 12.0. The van der Waals surface area contributed by atoms with Gasteiger partial charge in [0.15, 0.2) is 0 Å². The summed E-state index contributed by atoms with van der Waals surface area (Å²) in [5.41, 5.74) is 1.87. The monoisotopic (exact) mass is 222 g/mol. The highest BCUT2D eigenvalue weighted by atomic mass is 16.5. The molecule has 0 radical (unpaired) electrons. The number of carbonyl (C=O) groups is 1. The molecule has 4 heteroatoms. The van der Waals surface area contributed by atoms with Crippen molar-refractivity contribution < 1.29 is 9.53 Å². The lowest BCUT2D eigenvalue weighted by Gasteiger charge is -2.13. The molecular weight excluding hydrogens is 204 g/mol. The molecule has 0 saturated carbocycles. The Balaban J connectivity index is 2.59. The molecule has 0 atom stereocenters. The van der Waals surface area contributed by atoms with E-state index in [9.17, 15) is 4.79 Å². The minimum atomic E-state index is -0.0299. The number of carbonyl (C=O) groups excluding carboxylic acids is 1. The van der Waals surface area contributed by atoms with Gasteiger partial charge in [0.2, 0.25) is 5.91 Å². The van der Waals surface area contributed by atoms with Crippen molar-refractivity contribution >= 4 is 17.3 Å². The smallest absolute Gasteiger partial charge is 0.226 e. The lowest BCUT2D eigenvalue weighted by Crippen LogP contribution is -2.14. The minimum Gasteiger partial charge on any atom is -0.384 e. The summed E-state index contributed by atoms with van der Waals surface area (Å²) >= 11 is 0.